The molecule has 11 heavy (non-hydrogen) atoms. The van der Waals surface area contributed by atoms with Crippen molar-refractivity contribution in [1.82, 2.24) is 0 Å². The number of hydrogen-bond donors (Lipinski definition) is 1. The Labute approximate surface area is 91.5 Å². The molecule has 11 heteroatoms. The second kappa shape index (κ2) is 9.19. The van der Waals surface area contributed by atoms with Gasteiger partial charge >= 0.3 is 92.0 Å². The molecule has 0 saturated heterocycles. The van der Waals surface area contributed by atoms with Gasteiger partial charge in [-0.25, -0.2) is 0 Å². The maximum atomic E-state index is 4.80. The molecule has 0 aliphatic carbocycles. The van der Waals surface area contributed by atoms with Crippen molar-refractivity contribution < 1.29 is 0 Å². The maximum absolute atomic E-state index is 4.80. The van der Waals surface area contributed by atoms with Crippen LogP contribution in [0.2, 0.25) is 0 Å². The van der Waals surface area contributed by atoms with Crippen LogP contribution in [0, 0.1) is 0 Å². The monoisotopic (exact) mass is 332 g/mol. The van der Waals surface area contributed by atoms with E-state index in [1.54, 1.807) is 0 Å². The predicted molar refractivity (Wildman–Crippen MR) is 88.6 cm³/mol. The summed E-state index contributed by atoms with van der Waals surface area (Å²) in [6, 6.07) is 0. The van der Waals surface area contributed by atoms with Gasteiger partial charge in [0.2, 0.25) is 0 Å². The van der Waals surface area contributed by atoms with Crippen LogP contribution in [0.25, 0.3) is 0 Å². The second-order valence-electron chi connectivity index (χ2n) is 1.34. The first-order chi connectivity index (χ1) is 5.09. The van der Waals surface area contributed by atoms with Crippen LogP contribution in [0.3, 0.4) is 0 Å². The van der Waals surface area contributed by atoms with Crippen LogP contribution in [0.4, 0.5) is 0 Å². The molecule has 64 valence electrons. The van der Waals surface area contributed by atoms with E-state index in [1.165, 1.54) is 17.8 Å². The van der Waals surface area contributed by atoms with Gasteiger partial charge in [0.1, 0.15) is 0 Å². The molecule has 0 N–H and O–H groups in total. The summed E-state index contributed by atoms with van der Waals surface area (Å²) in [7, 11) is 14.5. The fourth-order valence-electron chi connectivity index (χ4n) is 0.279. The summed E-state index contributed by atoms with van der Waals surface area (Å²) in [5.41, 5.74) is 1.82. The quantitative estimate of drug-likeness (QED) is 0.441. The van der Waals surface area contributed by atoms with Crippen molar-refractivity contribution in [2.24, 2.45) is 0 Å². The van der Waals surface area contributed by atoms with Crippen molar-refractivity contribution in [3.63, 3.8) is 0 Å². The molecule has 4 atom stereocenters. The third-order valence-electron chi connectivity index (χ3n) is 0.592. The standard InChI is InChI=1S/BH9P8S2/c2-7(3)9(8(4)5)6-11-1-10/h11H,2-5H2. The summed E-state index contributed by atoms with van der Waals surface area (Å²) in [5.74, 6) is 0. The van der Waals surface area contributed by atoms with E-state index in [2.05, 4.69) is 35.7 Å². The molecule has 0 radical (unpaired) electrons. The van der Waals surface area contributed by atoms with Gasteiger partial charge in [0.05, 0.1) is 0 Å². The summed E-state index contributed by atoms with van der Waals surface area (Å²) in [5, 5.41) is 0. The van der Waals surface area contributed by atoms with E-state index < -0.39 is 0 Å². The second-order valence-corrected chi connectivity index (χ2v) is 32.2. The van der Waals surface area contributed by atoms with Crippen molar-refractivity contribution >= 4 is 92.0 Å². The molecule has 0 heterocycles. The molecule has 0 aromatic carbocycles. The van der Waals surface area contributed by atoms with Gasteiger partial charge in [-0.05, 0) is 0 Å². The number of thiol groups is 1. The molecule has 4 unspecified atom stereocenters. The van der Waals surface area contributed by atoms with Gasteiger partial charge in [-0.3, -0.25) is 0 Å². The third-order valence-corrected chi connectivity index (χ3v) is 42.6. The normalized spacial score (nSPS) is 12.6. The van der Waals surface area contributed by atoms with E-state index in [0.29, 0.717) is 0 Å². The molecule has 0 aromatic rings. The van der Waals surface area contributed by atoms with E-state index in [9.17, 15) is 0 Å². The zero-order chi connectivity index (χ0) is 8.85. The van der Waals surface area contributed by atoms with E-state index in [0.717, 1.165) is 0 Å². The van der Waals surface area contributed by atoms with Crippen molar-refractivity contribution in [1.29, 1.82) is 0 Å². The van der Waals surface area contributed by atoms with Crippen LogP contribution < -0.4 is 0 Å². The summed E-state index contributed by atoms with van der Waals surface area (Å²) >= 11 is 4.80. The van der Waals surface area contributed by atoms with Gasteiger partial charge in [0, 0.05) is 0 Å². The van der Waals surface area contributed by atoms with Crippen LogP contribution in [-0.2, 0) is 10.8 Å². The molecule has 0 fully saturated rings. The van der Waals surface area contributed by atoms with Gasteiger partial charge in [0.25, 0.3) is 0 Å². The van der Waals surface area contributed by atoms with E-state index in [1.807, 2.05) is 5.43 Å². The molecule has 0 spiro atoms. The molecular weight excluding hydrogens is 323 g/mol. The SMILES string of the molecule is PP(P)P(/P=[SH]/B=S)P(P)P. The molecule has 0 nitrogen and oxygen atoms in total. The van der Waals surface area contributed by atoms with Crippen LogP contribution in [0.5, 0.6) is 0 Å². The fraction of sp³-hybridized carbons (Fsp3) is 0. The summed E-state index contributed by atoms with van der Waals surface area (Å²) in [6.07, 6.45) is 0. The van der Waals surface area contributed by atoms with E-state index in [-0.39, 0.29) is 21.0 Å². The Bertz CT molecular complexity index is 133. The van der Waals surface area contributed by atoms with Crippen molar-refractivity contribution in [3.05, 3.63) is 0 Å². The predicted octanol–water partition coefficient (Wildman–Crippen LogP) is 4.75. The third kappa shape index (κ3) is 7.83. The Hall–Kier alpha value is 3.94. The summed E-state index contributed by atoms with van der Waals surface area (Å²) in [4.78, 5) is 0. The van der Waals surface area contributed by atoms with Crippen LogP contribution in [0.1, 0.15) is 0 Å². The van der Waals surface area contributed by atoms with Crippen molar-refractivity contribution in [2.75, 3.05) is 0 Å². The summed E-state index contributed by atoms with van der Waals surface area (Å²) < 4.78 is 0. The average molecular weight is 332 g/mol. The van der Waals surface area contributed by atoms with Crippen LogP contribution in [0.15, 0.2) is 0 Å². The van der Waals surface area contributed by atoms with Gasteiger partial charge in [-0.15, -0.1) is 0 Å². The fourth-order valence-corrected chi connectivity index (χ4v) is 56.9. The first kappa shape index (κ1) is 14.9. The summed E-state index contributed by atoms with van der Waals surface area (Å²) in [6.45, 7) is 0.328. The first-order valence-corrected chi connectivity index (χ1v) is 18.0. The van der Waals surface area contributed by atoms with Crippen LogP contribution >= 0.6 is 75.8 Å². The molecule has 0 aromatic heterocycles. The average Bonchev–Trinajstić information content (AvgIpc) is 1.87. The molecule has 0 bridgehead atoms. The first-order valence-electron chi connectivity index (χ1n) is 2.33. The number of rotatable bonds is 4. The zero-order valence-electron chi connectivity index (χ0n) is 5.53. The Morgan fingerprint density at radius 1 is 1.18 bits per heavy atom. The van der Waals surface area contributed by atoms with Gasteiger partial charge in [-0.2, -0.15) is 0 Å². The van der Waals surface area contributed by atoms with Gasteiger partial charge in [0.15, 0.2) is 0 Å². The van der Waals surface area contributed by atoms with Crippen LogP contribution in [-0.4, -0.2) is 5.43 Å². The molecule has 0 amide bonds. The minimum atomic E-state index is 0.0847. The van der Waals surface area contributed by atoms with Gasteiger partial charge < -0.3 is 0 Å². The Morgan fingerprint density at radius 2 is 1.64 bits per heavy atom. The van der Waals surface area contributed by atoms with E-state index >= 15 is 0 Å². The Balaban J connectivity index is 4.10. The zero-order valence-corrected chi connectivity index (χ0v) is 15.4. The Morgan fingerprint density at radius 3 is 1.91 bits per heavy atom. The van der Waals surface area contributed by atoms with Gasteiger partial charge in [-0.1, -0.05) is 0 Å². The topological polar surface area (TPSA) is 0 Å². The Kier molecular flexibility index (Phi) is 12.5. The minimum absolute atomic E-state index is 0.0847. The van der Waals surface area contributed by atoms with Crippen molar-refractivity contribution in [3.8, 4) is 0 Å². The molecule has 0 rings (SSSR count). The van der Waals surface area contributed by atoms with Crippen molar-refractivity contribution in [2.45, 2.75) is 0 Å². The molecule has 0 aliphatic heterocycles. The molecule has 0 saturated carbocycles. The van der Waals surface area contributed by atoms with E-state index in [4.69, 9.17) is 12.1 Å². The number of hydrogen-bond acceptors (Lipinski definition) is 1. The molecular formula is H9BP8S2. The molecule has 0 aliphatic rings.